The number of benzene rings is 1. The van der Waals surface area contributed by atoms with E-state index in [1.54, 1.807) is 28.4 Å². The number of amides is 1. The van der Waals surface area contributed by atoms with Crippen molar-refractivity contribution in [2.24, 2.45) is 0 Å². The van der Waals surface area contributed by atoms with E-state index in [4.69, 9.17) is 0 Å². The van der Waals surface area contributed by atoms with Crippen LogP contribution in [0.15, 0.2) is 36.7 Å². The van der Waals surface area contributed by atoms with Gasteiger partial charge in [-0.25, -0.2) is 14.4 Å². The van der Waals surface area contributed by atoms with Crippen LogP contribution >= 0.6 is 11.3 Å². The number of nitrogens with zero attached hydrogens (tertiary/aromatic N) is 3. The summed E-state index contributed by atoms with van der Waals surface area (Å²) in [4.78, 5) is 25.1. The molecule has 3 heterocycles. The standard InChI is InChI=1S/C18H17FN4OS/c1-11-8-14-16(20-10-21-17(14)25-11)22-15-6-7-23(18(15)24)9-12-2-4-13(19)5-3-12/h2-5,8,10,15H,6-7,9H2,1H3,(H,20,21,22). The van der Waals surface area contributed by atoms with Gasteiger partial charge in [-0.1, -0.05) is 12.1 Å². The number of hydrogen-bond donors (Lipinski definition) is 1. The molecule has 0 bridgehead atoms. The second-order valence-corrected chi connectivity index (χ2v) is 7.40. The number of carbonyl (C=O) groups is 1. The summed E-state index contributed by atoms with van der Waals surface area (Å²) in [6, 6.07) is 8.01. The molecule has 0 aliphatic carbocycles. The Morgan fingerprint density at radius 3 is 2.92 bits per heavy atom. The first-order chi connectivity index (χ1) is 12.1. The van der Waals surface area contributed by atoms with E-state index in [0.717, 1.165) is 20.7 Å². The van der Waals surface area contributed by atoms with Crippen molar-refractivity contribution in [3.05, 3.63) is 52.9 Å². The fourth-order valence-corrected chi connectivity index (χ4v) is 3.94. The third-order valence-corrected chi connectivity index (χ3v) is 5.31. The molecule has 1 fully saturated rings. The van der Waals surface area contributed by atoms with Crippen LogP contribution in [0, 0.1) is 12.7 Å². The first-order valence-corrected chi connectivity index (χ1v) is 8.93. The van der Waals surface area contributed by atoms with Gasteiger partial charge in [-0.15, -0.1) is 11.3 Å². The topological polar surface area (TPSA) is 58.1 Å². The summed E-state index contributed by atoms with van der Waals surface area (Å²) in [7, 11) is 0. The van der Waals surface area contributed by atoms with Crippen LogP contribution in [0.2, 0.25) is 0 Å². The van der Waals surface area contributed by atoms with Crippen LogP contribution in [0.25, 0.3) is 10.2 Å². The van der Waals surface area contributed by atoms with Crippen molar-refractivity contribution >= 4 is 33.3 Å². The summed E-state index contributed by atoms with van der Waals surface area (Å²) in [5, 5.41) is 4.23. The maximum absolute atomic E-state index is 13.0. The molecular formula is C18H17FN4OS. The monoisotopic (exact) mass is 356 g/mol. The Kier molecular flexibility index (Phi) is 4.09. The minimum Gasteiger partial charge on any atom is -0.358 e. The molecule has 1 aromatic carbocycles. The van der Waals surface area contributed by atoms with Crippen LogP contribution in [-0.2, 0) is 11.3 Å². The first-order valence-electron chi connectivity index (χ1n) is 8.11. The highest BCUT2D eigenvalue weighted by Gasteiger charge is 2.32. The lowest BCUT2D eigenvalue weighted by molar-refractivity contribution is -0.128. The lowest BCUT2D eigenvalue weighted by atomic mass is 10.2. The number of aryl methyl sites for hydroxylation is 1. The zero-order chi connectivity index (χ0) is 17.4. The van der Waals surface area contributed by atoms with Crippen LogP contribution in [0.5, 0.6) is 0 Å². The molecule has 1 saturated heterocycles. The van der Waals surface area contributed by atoms with Gasteiger partial charge < -0.3 is 10.2 Å². The Bertz CT molecular complexity index is 924. The summed E-state index contributed by atoms with van der Waals surface area (Å²) >= 11 is 1.61. The molecule has 0 spiro atoms. The van der Waals surface area contributed by atoms with E-state index in [0.29, 0.717) is 25.3 Å². The van der Waals surface area contributed by atoms with Crippen molar-refractivity contribution in [2.75, 3.05) is 11.9 Å². The molecule has 25 heavy (non-hydrogen) atoms. The molecule has 0 radical (unpaired) electrons. The highest BCUT2D eigenvalue weighted by molar-refractivity contribution is 7.18. The van der Waals surface area contributed by atoms with Gasteiger partial charge in [-0.3, -0.25) is 4.79 Å². The van der Waals surface area contributed by atoms with E-state index in [-0.39, 0.29) is 17.8 Å². The third kappa shape index (κ3) is 3.19. The second kappa shape index (κ2) is 6.40. The molecule has 1 unspecified atom stereocenters. The molecule has 1 aliphatic heterocycles. The molecule has 1 aliphatic rings. The molecule has 7 heteroatoms. The molecule has 1 N–H and O–H groups in total. The van der Waals surface area contributed by atoms with Gasteiger partial charge in [0.15, 0.2) is 0 Å². The first kappa shape index (κ1) is 16.0. The molecule has 5 nitrogen and oxygen atoms in total. The Hall–Kier alpha value is -2.54. The van der Waals surface area contributed by atoms with Gasteiger partial charge in [0.1, 0.15) is 28.8 Å². The normalized spacial score (nSPS) is 17.4. The highest BCUT2D eigenvalue weighted by atomic mass is 32.1. The number of aromatic nitrogens is 2. The van der Waals surface area contributed by atoms with Crippen molar-refractivity contribution in [3.63, 3.8) is 0 Å². The number of halogens is 1. The molecule has 3 aromatic rings. The summed E-state index contributed by atoms with van der Waals surface area (Å²) in [5.74, 6) is 0.481. The summed E-state index contributed by atoms with van der Waals surface area (Å²) in [6.07, 6.45) is 2.24. The van der Waals surface area contributed by atoms with Gasteiger partial charge in [0.2, 0.25) is 5.91 Å². The van der Waals surface area contributed by atoms with Crippen LogP contribution in [0.4, 0.5) is 10.2 Å². The van der Waals surface area contributed by atoms with Gasteiger partial charge in [-0.05, 0) is 37.1 Å². The molecular weight excluding hydrogens is 339 g/mol. The van der Waals surface area contributed by atoms with Gasteiger partial charge in [0.05, 0.1) is 5.39 Å². The Balaban J connectivity index is 1.48. The number of carbonyl (C=O) groups excluding carboxylic acids is 1. The number of thiophene rings is 1. The predicted octanol–water partition coefficient (Wildman–Crippen LogP) is 3.35. The van der Waals surface area contributed by atoms with E-state index in [1.165, 1.54) is 18.5 Å². The van der Waals surface area contributed by atoms with Crippen molar-refractivity contribution in [3.8, 4) is 0 Å². The molecule has 128 valence electrons. The Labute approximate surface area is 148 Å². The van der Waals surface area contributed by atoms with Crippen LogP contribution in [0.1, 0.15) is 16.9 Å². The number of fused-ring (bicyclic) bond motifs is 1. The maximum atomic E-state index is 13.0. The number of rotatable bonds is 4. The largest absolute Gasteiger partial charge is 0.358 e. The lowest BCUT2D eigenvalue weighted by Gasteiger charge is -2.17. The number of hydrogen-bond acceptors (Lipinski definition) is 5. The Morgan fingerprint density at radius 2 is 2.12 bits per heavy atom. The predicted molar refractivity (Wildman–Crippen MR) is 96.0 cm³/mol. The van der Waals surface area contributed by atoms with E-state index in [9.17, 15) is 9.18 Å². The highest BCUT2D eigenvalue weighted by Crippen LogP contribution is 2.29. The summed E-state index contributed by atoms with van der Waals surface area (Å²) in [5.41, 5.74) is 0.924. The lowest BCUT2D eigenvalue weighted by Crippen LogP contribution is -2.33. The number of nitrogens with one attached hydrogen (secondary N) is 1. The van der Waals surface area contributed by atoms with E-state index in [2.05, 4.69) is 15.3 Å². The van der Waals surface area contributed by atoms with E-state index < -0.39 is 0 Å². The van der Waals surface area contributed by atoms with Crippen LogP contribution in [-0.4, -0.2) is 33.4 Å². The fourth-order valence-electron chi connectivity index (χ4n) is 3.10. The Morgan fingerprint density at radius 1 is 1.32 bits per heavy atom. The zero-order valence-electron chi connectivity index (χ0n) is 13.7. The van der Waals surface area contributed by atoms with E-state index >= 15 is 0 Å². The SMILES string of the molecule is Cc1cc2c(NC3CCN(Cc4ccc(F)cc4)C3=O)ncnc2s1. The van der Waals surface area contributed by atoms with Crippen molar-refractivity contribution in [2.45, 2.75) is 25.9 Å². The van der Waals surface area contributed by atoms with Crippen molar-refractivity contribution in [1.82, 2.24) is 14.9 Å². The minimum absolute atomic E-state index is 0.0445. The summed E-state index contributed by atoms with van der Waals surface area (Å²) < 4.78 is 13.0. The second-order valence-electron chi connectivity index (χ2n) is 6.17. The average molecular weight is 356 g/mol. The van der Waals surface area contributed by atoms with Gasteiger partial charge in [0.25, 0.3) is 0 Å². The van der Waals surface area contributed by atoms with Crippen molar-refractivity contribution < 1.29 is 9.18 Å². The fraction of sp³-hybridized carbons (Fsp3) is 0.278. The molecule has 1 amide bonds. The van der Waals surface area contributed by atoms with Crippen LogP contribution < -0.4 is 5.32 Å². The number of anilines is 1. The molecule has 1 atom stereocenters. The van der Waals surface area contributed by atoms with Gasteiger partial charge in [-0.2, -0.15) is 0 Å². The smallest absolute Gasteiger partial charge is 0.245 e. The maximum Gasteiger partial charge on any atom is 0.245 e. The van der Waals surface area contributed by atoms with Crippen LogP contribution in [0.3, 0.4) is 0 Å². The van der Waals surface area contributed by atoms with Gasteiger partial charge >= 0.3 is 0 Å². The van der Waals surface area contributed by atoms with Crippen molar-refractivity contribution in [1.29, 1.82) is 0 Å². The molecule has 2 aromatic heterocycles. The van der Waals surface area contributed by atoms with E-state index in [1.807, 2.05) is 13.0 Å². The quantitative estimate of drug-likeness (QED) is 0.779. The van der Waals surface area contributed by atoms with Gasteiger partial charge in [0, 0.05) is 18.0 Å². The third-order valence-electron chi connectivity index (χ3n) is 4.35. The molecule has 0 saturated carbocycles. The molecule has 4 rings (SSSR count). The summed E-state index contributed by atoms with van der Waals surface area (Å²) in [6.45, 7) is 3.19. The zero-order valence-corrected chi connectivity index (χ0v) is 14.5. The number of likely N-dealkylation sites (tertiary alicyclic amines) is 1. The average Bonchev–Trinajstić information content (AvgIpc) is 3.14. The minimum atomic E-state index is -0.293.